The fourth-order valence-electron chi connectivity index (χ4n) is 3.19. The lowest BCUT2D eigenvalue weighted by Gasteiger charge is -2.35. The number of alkyl halides is 3. The van der Waals surface area contributed by atoms with E-state index in [0.29, 0.717) is 25.2 Å². The average Bonchev–Trinajstić information content (AvgIpc) is 2.58. The number of amides is 3. The van der Waals surface area contributed by atoms with Gasteiger partial charge in [0.1, 0.15) is 0 Å². The second-order valence-electron chi connectivity index (χ2n) is 8.30. The van der Waals surface area contributed by atoms with Gasteiger partial charge < -0.3 is 15.5 Å². The normalized spacial score (nSPS) is 17.9. The summed E-state index contributed by atoms with van der Waals surface area (Å²) in [6.07, 6.45) is -1.66. The van der Waals surface area contributed by atoms with E-state index in [9.17, 15) is 22.8 Å². The lowest BCUT2D eigenvalue weighted by molar-refractivity contribution is -0.137. The first-order valence-corrected chi connectivity index (χ1v) is 9.48. The molecule has 2 N–H and O–H groups in total. The van der Waals surface area contributed by atoms with Crippen molar-refractivity contribution in [3.05, 3.63) is 29.8 Å². The lowest BCUT2D eigenvalue weighted by Crippen LogP contribution is -2.51. The molecule has 1 atom stereocenters. The van der Waals surface area contributed by atoms with Gasteiger partial charge >= 0.3 is 12.2 Å². The standard InChI is InChI=1S/C20H28F3N3O2/c1-19(2,3)25-18(28)26-12-4-5-14(13-26)6-11-17(27)24-16-9-7-15(8-10-16)20(21,22)23/h7-10,14H,4-6,11-13H2,1-3H3,(H,24,27)(H,25,28). The van der Waals surface area contributed by atoms with Crippen LogP contribution in [0.3, 0.4) is 0 Å². The molecule has 156 valence electrons. The molecule has 0 spiro atoms. The maximum absolute atomic E-state index is 12.6. The molecule has 1 unspecified atom stereocenters. The molecule has 8 heteroatoms. The van der Waals surface area contributed by atoms with Crippen LogP contribution in [0.15, 0.2) is 24.3 Å². The van der Waals surface area contributed by atoms with Crippen LogP contribution >= 0.6 is 0 Å². The Morgan fingerprint density at radius 1 is 1.14 bits per heavy atom. The van der Waals surface area contributed by atoms with E-state index in [2.05, 4.69) is 10.6 Å². The largest absolute Gasteiger partial charge is 0.416 e. The quantitative estimate of drug-likeness (QED) is 0.775. The van der Waals surface area contributed by atoms with Gasteiger partial charge in [-0.25, -0.2) is 4.79 Å². The molecule has 0 aliphatic carbocycles. The summed E-state index contributed by atoms with van der Waals surface area (Å²) < 4.78 is 37.7. The fourth-order valence-corrected chi connectivity index (χ4v) is 3.19. The van der Waals surface area contributed by atoms with Gasteiger partial charge in [0.25, 0.3) is 0 Å². The first-order chi connectivity index (χ1) is 12.9. The van der Waals surface area contributed by atoms with E-state index in [4.69, 9.17) is 0 Å². The van der Waals surface area contributed by atoms with Gasteiger partial charge in [0.15, 0.2) is 0 Å². The fraction of sp³-hybridized carbons (Fsp3) is 0.600. The second kappa shape index (κ2) is 8.84. The predicted octanol–water partition coefficient (Wildman–Crippen LogP) is 4.64. The summed E-state index contributed by atoms with van der Waals surface area (Å²) in [4.78, 5) is 26.2. The number of carbonyl (C=O) groups is 2. The third-order valence-corrected chi connectivity index (χ3v) is 4.56. The molecule has 1 aromatic carbocycles. The van der Waals surface area contributed by atoms with Crippen molar-refractivity contribution in [2.45, 2.75) is 58.2 Å². The Morgan fingerprint density at radius 2 is 1.79 bits per heavy atom. The van der Waals surface area contributed by atoms with Gasteiger partial charge in [-0.1, -0.05) is 0 Å². The molecule has 1 saturated heterocycles. The molecule has 1 heterocycles. The van der Waals surface area contributed by atoms with Gasteiger partial charge in [-0.15, -0.1) is 0 Å². The summed E-state index contributed by atoms with van der Waals surface area (Å²) in [6, 6.07) is 4.30. The number of halogens is 3. The van der Waals surface area contributed by atoms with Gasteiger partial charge in [0.05, 0.1) is 5.56 Å². The molecule has 5 nitrogen and oxygen atoms in total. The smallest absolute Gasteiger partial charge is 0.333 e. The molecule has 1 aliphatic rings. The SMILES string of the molecule is CC(C)(C)NC(=O)N1CCCC(CCC(=O)Nc2ccc(C(F)(F)F)cc2)C1. The molecule has 0 saturated carbocycles. The van der Waals surface area contributed by atoms with Crippen molar-refractivity contribution >= 4 is 17.6 Å². The number of likely N-dealkylation sites (tertiary alicyclic amines) is 1. The first-order valence-electron chi connectivity index (χ1n) is 9.48. The van der Waals surface area contributed by atoms with Crippen LogP contribution < -0.4 is 10.6 Å². The predicted molar refractivity (Wildman–Crippen MR) is 102 cm³/mol. The first kappa shape index (κ1) is 22.0. The highest BCUT2D eigenvalue weighted by Gasteiger charge is 2.30. The molecule has 3 amide bonds. The summed E-state index contributed by atoms with van der Waals surface area (Å²) in [5.74, 6) is -0.00570. The van der Waals surface area contributed by atoms with Crippen LogP contribution in [0.1, 0.15) is 52.0 Å². The Hall–Kier alpha value is -2.25. The van der Waals surface area contributed by atoms with E-state index in [0.717, 1.165) is 25.0 Å². The molecule has 28 heavy (non-hydrogen) atoms. The number of carbonyl (C=O) groups excluding carboxylic acids is 2. The molecule has 1 aliphatic heterocycles. The van der Waals surface area contributed by atoms with E-state index in [-0.39, 0.29) is 29.8 Å². The van der Waals surface area contributed by atoms with Crippen molar-refractivity contribution in [1.82, 2.24) is 10.2 Å². The molecule has 0 bridgehead atoms. The van der Waals surface area contributed by atoms with E-state index in [1.807, 2.05) is 20.8 Å². The van der Waals surface area contributed by atoms with Crippen LogP contribution in [-0.2, 0) is 11.0 Å². The maximum atomic E-state index is 12.6. The third kappa shape index (κ3) is 7.05. The van der Waals surface area contributed by atoms with Crippen molar-refractivity contribution in [2.24, 2.45) is 5.92 Å². The number of anilines is 1. The summed E-state index contributed by atoms with van der Waals surface area (Å²) in [6.45, 7) is 7.10. The van der Waals surface area contributed by atoms with Crippen LogP contribution in [0.25, 0.3) is 0 Å². The molecule has 1 aromatic rings. The Bertz CT molecular complexity index is 681. The Kier molecular flexibility index (Phi) is 6.96. The van der Waals surface area contributed by atoms with Crippen LogP contribution in [0.4, 0.5) is 23.7 Å². The third-order valence-electron chi connectivity index (χ3n) is 4.56. The van der Waals surface area contributed by atoms with E-state index < -0.39 is 11.7 Å². The van der Waals surface area contributed by atoms with Crippen molar-refractivity contribution in [1.29, 1.82) is 0 Å². The number of rotatable bonds is 4. The number of urea groups is 1. The highest BCUT2D eigenvalue weighted by molar-refractivity contribution is 5.90. The molecular weight excluding hydrogens is 371 g/mol. The van der Waals surface area contributed by atoms with E-state index in [1.165, 1.54) is 12.1 Å². The number of hydrogen-bond donors (Lipinski definition) is 2. The van der Waals surface area contributed by atoms with Gasteiger partial charge in [-0.05, 0) is 70.2 Å². The van der Waals surface area contributed by atoms with Crippen molar-refractivity contribution in [3.63, 3.8) is 0 Å². The monoisotopic (exact) mass is 399 g/mol. The van der Waals surface area contributed by atoms with Gasteiger partial charge in [0.2, 0.25) is 5.91 Å². The molecule has 0 aromatic heterocycles. The van der Waals surface area contributed by atoms with Gasteiger partial charge in [-0.3, -0.25) is 4.79 Å². The number of nitrogens with zero attached hydrogens (tertiary/aromatic N) is 1. The number of hydrogen-bond acceptors (Lipinski definition) is 2. The minimum absolute atomic E-state index is 0.0913. The minimum atomic E-state index is -4.39. The summed E-state index contributed by atoms with van der Waals surface area (Å²) in [5.41, 5.74) is -0.708. The zero-order valence-corrected chi connectivity index (χ0v) is 16.5. The maximum Gasteiger partial charge on any atom is 0.416 e. The Balaban J connectivity index is 1.80. The Labute approximate surface area is 163 Å². The zero-order chi connectivity index (χ0) is 20.9. The van der Waals surface area contributed by atoms with Crippen molar-refractivity contribution < 1.29 is 22.8 Å². The van der Waals surface area contributed by atoms with E-state index >= 15 is 0 Å². The van der Waals surface area contributed by atoms with Crippen LogP contribution in [0, 0.1) is 5.92 Å². The Morgan fingerprint density at radius 3 is 2.36 bits per heavy atom. The highest BCUT2D eigenvalue weighted by atomic mass is 19.4. The average molecular weight is 399 g/mol. The molecule has 0 radical (unpaired) electrons. The number of piperidine rings is 1. The summed E-state index contributed by atoms with van der Waals surface area (Å²) in [5, 5.41) is 5.58. The van der Waals surface area contributed by atoms with Crippen LogP contribution in [-0.4, -0.2) is 35.5 Å². The van der Waals surface area contributed by atoms with Crippen LogP contribution in [0.2, 0.25) is 0 Å². The van der Waals surface area contributed by atoms with Crippen LogP contribution in [0.5, 0.6) is 0 Å². The number of nitrogens with one attached hydrogen (secondary N) is 2. The topological polar surface area (TPSA) is 61.4 Å². The molecular formula is C20H28F3N3O2. The number of benzene rings is 1. The second-order valence-corrected chi connectivity index (χ2v) is 8.30. The summed E-state index contributed by atoms with van der Waals surface area (Å²) in [7, 11) is 0. The molecule has 1 fully saturated rings. The summed E-state index contributed by atoms with van der Waals surface area (Å²) >= 11 is 0. The van der Waals surface area contributed by atoms with Gasteiger partial charge in [-0.2, -0.15) is 13.2 Å². The van der Waals surface area contributed by atoms with Crippen molar-refractivity contribution in [3.8, 4) is 0 Å². The highest BCUT2D eigenvalue weighted by Crippen LogP contribution is 2.30. The molecule has 2 rings (SSSR count). The minimum Gasteiger partial charge on any atom is -0.333 e. The van der Waals surface area contributed by atoms with Crippen molar-refractivity contribution in [2.75, 3.05) is 18.4 Å². The zero-order valence-electron chi connectivity index (χ0n) is 16.5. The van der Waals surface area contributed by atoms with E-state index in [1.54, 1.807) is 4.90 Å². The van der Waals surface area contributed by atoms with Gasteiger partial charge in [0, 0.05) is 30.7 Å². The lowest BCUT2D eigenvalue weighted by atomic mass is 9.93.